The van der Waals surface area contributed by atoms with E-state index in [1.54, 1.807) is 32.9 Å². The van der Waals surface area contributed by atoms with Crippen LogP contribution < -0.4 is 15.5 Å². The molecule has 1 atom stereocenters. The summed E-state index contributed by atoms with van der Waals surface area (Å²) in [5.74, 6) is -0.177. The Balaban J connectivity index is 1.88. The second-order valence-electron chi connectivity index (χ2n) is 11.0. The Morgan fingerprint density at radius 1 is 1.23 bits per heavy atom. The highest BCUT2D eigenvalue weighted by atomic mass is 19.3. The molecule has 2 fully saturated rings. The summed E-state index contributed by atoms with van der Waals surface area (Å²) in [6, 6.07) is 4.52. The first kappa shape index (κ1) is 27.2. The maximum Gasteiger partial charge on any atom is 0.494 e. The Labute approximate surface area is 205 Å². The molecule has 0 aliphatic carbocycles. The Bertz CT molecular complexity index is 934. The number of alkyl halides is 2. The number of rotatable bonds is 7. The number of hydrogen-bond donors (Lipinski definition) is 1. The van der Waals surface area contributed by atoms with E-state index in [2.05, 4.69) is 5.32 Å². The van der Waals surface area contributed by atoms with E-state index >= 15 is 0 Å². The number of nitrogens with one attached hydrogen (secondary N) is 1. The van der Waals surface area contributed by atoms with Crippen molar-refractivity contribution >= 4 is 24.6 Å². The third-order valence-corrected chi connectivity index (χ3v) is 6.37. The third-order valence-electron chi connectivity index (χ3n) is 6.37. The maximum absolute atomic E-state index is 13.3. The smallest absolute Gasteiger partial charge is 0.444 e. The average Bonchev–Trinajstić information content (AvgIpc) is 3.19. The van der Waals surface area contributed by atoms with Crippen LogP contribution >= 0.6 is 0 Å². The van der Waals surface area contributed by atoms with Crippen LogP contribution in [0.15, 0.2) is 18.2 Å². The van der Waals surface area contributed by atoms with Gasteiger partial charge in [-0.25, -0.2) is 4.79 Å². The molecule has 0 spiro atoms. The van der Waals surface area contributed by atoms with Crippen LogP contribution in [-0.2, 0) is 25.4 Å². The number of ether oxygens (including phenoxy) is 2. The van der Waals surface area contributed by atoms with Crippen molar-refractivity contribution in [1.29, 1.82) is 0 Å². The van der Waals surface area contributed by atoms with Gasteiger partial charge in [0.05, 0.1) is 17.7 Å². The number of carbonyl (C=O) groups is 2. The molecule has 2 heterocycles. The second kappa shape index (κ2) is 9.93. The van der Waals surface area contributed by atoms with E-state index in [1.807, 2.05) is 27.7 Å². The van der Waals surface area contributed by atoms with E-state index < -0.39 is 36.6 Å². The van der Waals surface area contributed by atoms with Gasteiger partial charge < -0.3 is 29.0 Å². The zero-order valence-corrected chi connectivity index (χ0v) is 21.4. The lowest BCUT2D eigenvalue weighted by molar-refractivity contribution is -0.119. The molecule has 2 amide bonds. The van der Waals surface area contributed by atoms with Gasteiger partial charge in [0.1, 0.15) is 11.4 Å². The topological polar surface area (TPSA) is 86.3 Å². The van der Waals surface area contributed by atoms with Gasteiger partial charge in [0.25, 0.3) is 0 Å². The van der Waals surface area contributed by atoms with Gasteiger partial charge in [-0.1, -0.05) is 12.1 Å². The van der Waals surface area contributed by atoms with E-state index in [0.29, 0.717) is 23.9 Å². The highest BCUT2D eigenvalue weighted by molar-refractivity contribution is 6.62. The molecule has 0 unspecified atom stereocenters. The molecule has 2 aliphatic rings. The van der Waals surface area contributed by atoms with Crippen molar-refractivity contribution in [1.82, 2.24) is 10.2 Å². The molecule has 2 aliphatic heterocycles. The number of nitrogens with zero attached hydrogens (tertiary/aromatic N) is 1. The van der Waals surface area contributed by atoms with Crippen LogP contribution in [0, 0.1) is 0 Å². The van der Waals surface area contributed by atoms with Crippen LogP contribution in [0.2, 0.25) is 0 Å². The van der Waals surface area contributed by atoms with Crippen LogP contribution in [0.4, 0.5) is 13.6 Å². The van der Waals surface area contributed by atoms with Gasteiger partial charge in [-0.05, 0) is 66.4 Å². The average molecular weight is 496 g/mol. The van der Waals surface area contributed by atoms with E-state index in [4.69, 9.17) is 18.8 Å². The summed E-state index contributed by atoms with van der Waals surface area (Å²) in [7, 11) is -0.760. The van der Waals surface area contributed by atoms with Gasteiger partial charge in [-0.3, -0.25) is 4.79 Å². The minimum atomic E-state index is -3.06. The van der Waals surface area contributed by atoms with Crippen molar-refractivity contribution < 1.29 is 37.2 Å². The van der Waals surface area contributed by atoms with E-state index in [1.165, 1.54) is 11.0 Å². The van der Waals surface area contributed by atoms with Gasteiger partial charge in [0.2, 0.25) is 5.91 Å². The molecule has 0 bridgehead atoms. The Hall–Kier alpha value is -2.40. The normalized spacial score (nSPS) is 21.3. The Morgan fingerprint density at radius 3 is 2.37 bits per heavy atom. The summed E-state index contributed by atoms with van der Waals surface area (Å²) in [5, 5.41) is 2.82. The van der Waals surface area contributed by atoms with Gasteiger partial charge in [-0.2, -0.15) is 8.78 Å². The lowest BCUT2D eigenvalue weighted by atomic mass is 9.78. The lowest BCUT2D eigenvalue weighted by Gasteiger charge is -2.32. The molecule has 194 valence electrons. The van der Waals surface area contributed by atoms with Gasteiger partial charge in [0, 0.05) is 24.6 Å². The highest BCUT2D eigenvalue weighted by Crippen LogP contribution is 2.37. The number of hydrogen-bond acceptors (Lipinski definition) is 6. The lowest BCUT2D eigenvalue weighted by Crippen LogP contribution is -2.44. The first-order valence-electron chi connectivity index (χ1n) is 11.8. The van der Waals surface area contributed by atoms with Crippen LogP contribution in [0.25, 0.3) is 0 Å². The summed E-state index contributed by atoms with van der Waals surface area (Å²) in [6.07, 6.45) is 0.325. The molecule has 0 saturated carbocycles. The maximum atomic E-state index is 13.3. The number of halogens is 2. The third kappa shape index (κ3) is 6.85. The van der Waals surface area contributed by atoms with Crippen LogP contribution in [0.1, 0.15) is 66.9 Å². The fraction of sp³-hybridized carbons (Fsp3) is 0.667. The molecular formula is C24H35BF2N2O6. The molecule has 0 aromatic heterocycles. The Kier molecular flexibility index (Phi) is 7.71. The molecule has 1 aromatic carbocycles. The predicted molar refractivity (Wildman–Crippen MR) is 127 cm³/mol. The zero-order chi connectivity index (χ0) is 26.2. The van der Waals surface area contributed by atoms with E-state index in [0.717, 1.165) is 0 Å². The largest absolute Gasteiger partial charge is 0.494 e. The summed E-state index contributed by atoms with van der Waals surface area (Å²) < 4.78 is 49.0. The van der Waals surface area contributed by atoms with Crippen molar-refractivity contribution in [2.45, 2.75) is 97.3 Å². The molecule has 11 heteroatoms. The standard InChI is InChI=1S/C24H35BF2N2O6/c1-22(2,3)33-21(31)29(14-17-10-11-19(30)28-17)13-15-8-9-16(12-18(15)32-20(26)27)25-34-23(4,5)24(6,7)35-25/h8-9,12,17,20H,10-11,13-14H2,1-7H3,(H,28,30)/t17-/m0/s1. The van der Waals surface area contributed by atoms with Crippen LogP contribution in [-0.4, -0.2) is 60.0 Å². The number of benzene rings is 1. The minimum Gasteiger partial charge on any atom is -0.444 e. The predicted octanol–water partition coefficient (Wildman–Crippen LogP) is 3.60. The highest BCUT2D eigenvalue weighted by Gasteiger charge is 2.51. The molecule has 1 aromatic rings. The zero-order valence-electron chi connectivity index (χ0n) is 21.4. The Morgan fingerprint density at radius 2 is 1.86 bits per heavy atom. The van der Waals surface area contributed by atoms with Crippen molar-refractivity contribution in [3.63, 3.8) is 0 Å². The summed E-state index contributed by atoms with van der Waals surface area (Å²) >= 11 is 0. The van der Waals surface area contributed by atoms with Gasteiger partial charge in [0.15, 0.2) is 0 Å². The number of amides is 2. The van der Waals surface area contributed by atoms with Crippen molar-refractivity contribution in [2.75, 3.05) is 6.54 Å². The van der Waals surface area contributed by atoms with E-state index in [-0.39, 0.29) is 30.8 Å². The molecule has 2 saturated heterocycles. The summed E-state index contributed by atoms with van der Waals surface area (Å²) in [6.45, 7) is 9.89. The second-order valence-corrected chi connectivity index (χ2v) is 11.0. The van der Waals surface area contributed by atoms with Crippen molar-refractivity contribution in [3.05, 3.63) is 23.8 Å². The van der Waals surface area contributed by atoms with Crippen LogP contribution in [0.5, 0.6) is 5.75 Å². The van der Waals surface area contributed by atoms with E-state index in [9.17, 15) is 18.4 Å². The van der Waals surface area contributed by atoms with Crippen molar-refractivity contribution in [2.24, 2.45) is 0 Å². The fourth-order valence-electron chi connectivity index (χ4n) is 3.85. The minimum absolute atomic E-state index is 0.0486. The summed E-state index contributed by atoms with van der Waals surface area (Å²) in [4.78, 5) is 26.0. The monoisotopic (exact) mass is 496 g/mol. The SMILES string of the molecule is CC(C)(C)OC(=O)N(Cc1ccc(B2OC(C)(C)C(C)(C)O2)cc1OC(F)F)C[C@@H]1CCC(=O)N1. The summed E-state index contributed by atoms with van der Waals surface area (Å²) in [5.41, 5.74) is -1.06. The van der Waals surface area contributed by atoms with Gasteiger partial charge in [-0.15, -0.1) is 0 Å². The molecule has 3 rings (SSSR count). The molecule has 0 radical (unpaired) electrons. The first-order chi connectivity index (χ1) is 16.1. The quantitative estimate of drug-likeness (QED) is 0.581. The first-order valence-corrected chi connectivity index (χ1v) is 11.8. The van der Waals surface area contributed by atoms with Crippen LogP contribution in [0.3, 0.4) is 0 Å². The van der Waals surface area contributed by atoms with Gasteiger partial charge >= 0.3 is 19.8 Å². The molecule has 8 nitrogen and oxygen atoms in total. The molecule has 35 heavy (non-hydrogen) atoms. The fourth-order valence-corrected chi connectivity index (χ4v) is 3.85. The molecule has 1 N–H and O–H groups in total. The number of carbonyl (C=O) groups excluding carboxylic acids is 2. The molecular weight excluding hydrogens is 461 g/mol. The van der Waals surface area contributed by atoms with Crippen molar-refractivity contribution in [3.8, 4) is 5.75 Å².